The molecule has 3 rings (SSSR count). The monoisotopic (exact) mass is 330 g/mol. The van der Waals surface area contributed by atoms with Crippen LogP contribution < -0.4 is 10.5 Å². The van der Waals surface area contributed by atoms with Crippen molar-refractivity contribution in [2.24, 2.45) is 0 Å². The first-order chi connectivity index (χ1) is 11.5. The molecule has 0 saturated carbocycles. The van der Waals surface area contributed by atoms with Gasteiger partial charge in [-0.15, -0.1) is 0 Å². The van der Waals surface area contributed by atoms with Gasteiger partial charge in [-0.25, -0.2) is 9.97 Å². The molecule has 1 aliphatic heterocycles. The van der Waals surface area contributed by atoms with Crippen LogP contribution in [0, 0.1) is 0 Å². The molecule has 0 aromatic carbocycles. The van der Waals surface area contributed by atoms with E-state index in [1.807, 2.05) is 25.6 Å². The minimum atomic E-state index is -0.171. The van der Waals surface area contributed by atoms with E-state index in [1.165, 1.54) is 6.07 Å². The van der Waals surface area contributed by atoms with Crippen LogP contribution in [0.2, 0.25) is 0 Å². The van der Waals surface area contributed by atoms with E-state index in [9.17, 15) is 9.59 Å². The van der Waals surface area contributed by atoms with Gasteiger partial charge in [-0.1, -0.05) is 0 Å². The minimum Gasteiger partial charge on any atom is -0.348 e. The first kappa shape index (κ1) is 16.2. The Bertz CT molecular complexity index is 794. The van der Waals surface area contributed by atoms with Crippen molar-refractivity contribution in [3.63, 3.8) is 0 Å². The third kappa shape index (κ3) is 3.17. The molecule has 2 aromatic rings. The third-order valence-corrected chi connectivity index (χ3v) is 4.28. The summed E-state index contributed by atoms with van der Waals surface area (Å²) in [6, 6.07) is 1.53. The number of likely N-dealkylation sites (tertiary alicyclic amines) is 1. The summed E-state index contributed by atoms with van der Waals surface area (Å²) >= 11 is 0. The highest BCUT2D eigenvalue weighted by Gasteiger charge is 2.30. The topological polar surface area (TPSA) is 87.1 Å². The Balaban J connectivity index is 1.75. The van der Waals surface area contributed by atoms with Crippen molar-refractivity contribution in [1.82, 2.24) is 24.4 Å². The highest BCUT2D eigenvalue weighted by atomic mass is 16.2. The summed E-state index contributed by atoms with van der Waals surface area (Å²) in [6.07, 6.45) is 4.23. The maximum atomic E-state index is 12.5. The Hall–Kier alpha value is -2.64. The van der Waals surface area contributed by atoms with Gasteiger partial charge in [-0.3, -0.25) is 14.6 Å². The molecule has 0 bridgehead atoms. The first-order valence-electron chi connectivity index (χ1n) is 8.07. The number of nitrogens with zero attached hydrogens (tertiary/aromatic N) is 5. The number of hydrogen-bond donors (Lipinski definition) is 1. The van der Waals surface area contributed by atoms with E-state index in [2.05, 4.69) is 15.0 Å². The van der Waals surface area contributed by atoms with E-state index in [1.54, 1.807) is 22.3 Å². The summed E-state index contributed by atoms with van der Waals surface area (Å²) in [5, 5.41) is 0. The lowest BCUT2D eigenvalue weighted by Crippen LogP contribution is -2.29. The number of carbonyl (C=O) groups is 1. The fourth-order valence-electron chi connectivity index (χ4n) is 2.88. The van der Waals surface area contributed by atoms with Gasteiger partial charge >= 0.3 is 0 Å². The second-order valence-corrected chi connectivity index (χ2v) is 6.21. The third-order valence-electron chi connectivity index (χ3n) is 4.28. The summed E-state index contributed by atoms with van der Waals surface area (Å²) in [5.41, 5.74) is 1.03. The summed E-state index contributed by atoms with van der Waals surface area (Å²) in [6.45, 7) is 3.99. The van der Waals surface area contributed by atoms with Crippen LogP contribution in [0.25, 0.3) is 0 Å². The summed E-state index contributed by atoms with van der Waals surface area (Å²) in [4.78, 5) is 39.3. The molecule has 1 unspecified atom stereocenters. The largest absolute Gasteiger partial charge is 0.348 e. The maximum absolute atomic E-state index is 12.5. The zero-order chi connectivity index (χ0) is 17.3. The van der Waals surface area contributed by atoms with Gasteiger partial charge in [0.2, 0.25) is 5.95 Å². The van der Waals surface area contributed by atoms with Gasteiger partial charge in [-0.05, 0) is 13.3 Å². The van der Waals surface area contributed by atoms with Gasteiger partial charge in [0.15, 0.2) is 0 Å². The van der Waals surface area contributed by atoms with E-state index in [0.29, 0.717) is 24.7 Å². The van der Waals surface area contributed by atoms with Crippen LogP contribution in [0.3, 0.4) is 0 Å². The number of aromatic nitrogens is 4. The summed E-state index contributed by atoms with van der Waals surface area (Å²) < 4.78 is 1.88. The van der Waals surface area contributed by atoms with E-state index in [4.69, 9.17) is 0 Å². The molecule has 2 aromatic heterocycles. The molecule has 0 aliphatic carbocycles. The smallest absolute Gasteiger partial charge is 0.274 e. The maximum Gasteiger partial charge on any atom is 0.274 e. The van der Waals surface area contributed by atoms with Gasteiger partial charge in [0.1, 0.15) is 5.69 Å². The zero-order valence-electron chi connectivity index (χ0n) is 14.2. The van der Waals surface area contributed by atoms with Crippen LogP contribution in [0.5, 0.6) is 0 Å². The Morgan fingerprint density at radius 1 is 1.46 bits per heavy atom. The number of imidazole rings is 1. The van der Waals surface area contributed by atoms with Crippen LogP contribution in [0.15, 0.2) is 23.4 Å². The highest BCUT2D eigenvalue weighted by molar-refractivity contribution is 5.92. The van der Waals surface area contributed by atoms with E-state index >= 15 is 0 Å². The number of H-pyrrole nitrogens is 1. The molecule has 1 N–H and O–H groups in total. The molecule has 1 saturated heterocycles. The average molecular weight is 330 g/mol. The number of aryl methyl sites for hydroxylation is 1. The van der Waals surface area contributed by atoms with Crippen LogP contribution in [-0.2, 0) is 6.54 Å². The van der Waals surface area contributed by atoms with Crippen molar-refractivity contribution in [1.29, 1.82) is 0 Å². The lowest BCUT2D eigenvalue weighted by atomic mass is 10.1. The summed E-state index contributed by atoms with van der Waals surface area (Å²) in [7, 11) is 3.66. The predicted molar refractivity (Wildman–Crippen MR) is 90.3 cm³/mol. The van der Waals surface area contributed by atoms with E-state index in [-0.39, 0.29) is 17.4 Å². The number of nitrogens with one attached hydrogen (secondary N) is 1. The Morgan fingerprint density at radius 3 is 2.92 bits per heavy atom. The van der Waals surface area contributed by atoms with Crippen LogP contribution in [0.4, 0.5) is 5.95 Å². The second kappa shape index (κ2) is 6.46. The van der Waals surface area contributed by atoms with Crippen molar-refractivity contribution < 1.29 is 4.79 Å². The molecular weight excluding hydrogens is 308 g/mol. The number of hydrogen-bond acceptors (Lipinski definition) is 5. The number of carbonyl (C=O) groups excluding carboxylic acids is 1. The number of anilines is 1. The van der Waals surface area contributed by atoms with Gasteiger partial charge in [0, 0.05) is 51.9 Å². The molecule has 0 radical (unpaired) electrons. The fourth-order valence-corrected chi connectivity index (χ4v) is 2.88. The van der Waals surface area contributed by atoms with Gasteiger partial charge in [0.25, 0.3) is 11.5 Å². The Morgan fingerprint density at radius 2 is 2.25 bits per heavy atom. The average Bonchev–Trinajstić information content (AvgIpc) is 3.23. The Labute approximate surface area is 140 Å². The van der Waals surface area contributed by atoms with Crippen LogP contribution in [-0.4, -0.2) is 57.5 Å². The van der Waals surface area contributed by atoms with Crippen LogP contribution >= 0.6 is 0 Å². The quantitative estimate of drug-likeness (QED) is 0.891. The van der Waals surface area contributed by atoms with Crippen molar-refractivity contribution >= 4 is 11.9 Å². The standard InChI is InChI=1S/C16H22N6O2/c1-4-21-9-13(17-10-21)15(24)22-6-5-11(8-22)12-7-14(23)19-16(18-12)20(2)3/h7,9-11H,4-6,8H2,1-3H3,(H,18,19,23). The zero-order valence-corrected chi connectivity index (χ0v) is 14.2. The fraction of sp³-hybridized carbons (Fsp3) is 0.500. The van der Waals surface area contributed by atoms with E-state index in [0.717, 1.165) is 18.7 Å². The molecule has 3 heterocycles. The lowest BCUT2D eigenvalue weighted by molar-refractivity contribution is 0.0785. The van der Waals surface area contributed by atoms with Crippen molar-refractivity contribution in [3.8, 4) is 0 Å². The molecule has 1 fully saturated rings. The Kier molecular flexibility index (Phi) is 4.37. The summed E-state index contributed by atoms with van der Waals surface area (Å²) in [5.74, 6) is 0.537. The first-order valence-corrected chi connectivity index (χ1v) is 8.07. The van der Waals surface area contributed by atoms with E-state index < -0.39 is 0 Å². The molecule has 8 nitrogen and oxygen atoms in total. The van der Waals surface area contributed by atoms with Gasteiger partial charge in [-0.2, -0.15) is 0 Å². The molecule has 8 heteroatoms. The number of amides is 1. The molecule has 1 atom stereocenters. The molecule has 24 heavy (non-hydrogen) atoms. The minimum absolute atomic E-state index is 0.0672. The highest BCUT2D eigenvalue weighted by Crippen LogP contribution is 2.26. The number of rotatable bonds is 4. The lowest BCUT2D eigenvalue weighted by Gasteiger charge is -2.16. The molecule has 128 valence electrons. The normalized spacial score (nSPS) is 17.3. The van der Waals surface area contributed by atoms with Crippen molar-refractivity contribution in [2.75, 3.05) is 32.1 Å². The van der Waals surface area contributed by atoms with Gasteiger partial charge in [0.05, 0.1) is 12.0 Å². The number of aromatic amines is 1. The van der Waals surface area contributed by atoms with Crippen molar-refractivity contribution in [2.45, 2.75) is 25.8 Å². The van der Waals surface area contributed by atoms with Gasteiger partial charge < -0.3 is 14.4 Å². The molecule has 1 aliphatic rings. The molecule has 0 spiro atoms. The predicted octanol–water partition coefficient (Wildman–Crippen LogP) is 0.682. The molecular formula is C16H22N6O2. The van der Waals surface area contributed by atoms with Crippen molar-refractivity contribution in [3.05, 3.63) is 40.3 Å². The second-order valence-electron chi connectivity index (χ2n) is 6.21. The molecule has 1 amide bonds. The SMILES string of the molecule is CCn1cnc(C(=O)N2CCC(c3cc(=O)[nH]c(N(C)C)n3)C2)c1. The van der Waals surface area contributed by atoms with Crippen LogP contribution in [0.1, 0.15) is 35.4 Å².